The molecule has 2 aromatic carbocycles. The van der Waals surface area contributed by atoms with Crippen LogP contribution in [0.3, 0.4) is 0 Å². The maximum atomic E-state index is 13.4. The summed E-state index contributed by atoms with van der Waals surface area (Å²) in [6, 6.07) is 15.5. The van der Waals surface area contributed by atoms with Gasteiger partial charge < -0.3 is 30.7 Å². The Hall–Kier alpha value is -3.83. The van der Waals surface area contributed by atoms with Crippen LogP contribution in [0.4, 0.5) is 22.2 Å². The molecular weight excluding hydrogens is 477 g/mol. The van der Waals surface area contributed by atoms with Gasteiger partial charge in [0.1, 0.15) is 5.82 Å². The second-order valence-electron chi connectivity index (χ2n) is 8.36. The molecule has 37 heavy (non-hydrogen) atoms. The van der Waals surface area contributed by atoms with E-state index in [1.54, 1.807) is 18.2 Å². The highest BCUT2D eigenvalue weighted by atomic mass is 19.1. The number of carbonyl (C=O) groups excluding carboxylic acids is 1. The quantitative estimate of drug-likeness (QED) is 0.215. The number of benzene rings is 2. The van der Waals surface area contributed by atoms with Gasteiger partial charge in [0, 0.05) is 31.2 Å². The van der Waals surface area contributed by atoms with Crippen molar-refractivity contribution in [2.24, 2.45) is 0 Å². The van der Waals surface area contributed by atoms with Gasteiger partial charge in [0.05, 0.1) is 26.4 Å². The van der Waals surface area contributed by atoms with Crippen molar-refractivity contribution in [3.63, 3.8) is 0 Å². The van der Waals surface area contributed by atoms with Crippen LogP contribution in [0.1, 0.15) is 29.8 Å². The lowest BCUT2D eigenvalue weighted by atomic mass is 10.2. The molecule has 3 rings (SSSR count). The SMILES string of the molecule is CC(C)Nc1nc(NCCOCCOCCNC(=O)c2ccccc2)nc(NCc2cccc(F)c2)n1. The minimum absolute atomic E-state index is 0.121. The standard InChI is InChI=1S/C26H34FN7O3/c1-19(2)31-26-33-24(32-25(34-26)30-18-20-7-6-10-22(27)17-20)29-12-14-37-16-15-36-13-11-28-23(35)21-8-4-3-5-9-21/h3-10,17,19H,11-16,18H2,1-2H3,(H,28,35)(H3,29,30,31,32,33,34). The third-order valence-corrected chi connectivity index (χ3v) is 4.86. The van der Waals surface area contributed by atoms with Gasteiger partial charge in [-0.05, 0) is 43.7 Å². The van der Waals surface area contributed by atoms with Gasteiger partial charge in [0.2, 0.25) is 17.8 Å². The first kappa shape index (κ1) is 27.8. The molecule has 0 saturated heterocycles. The third-order valence-electron chi connectivity index (χ3n) is 4.86. The molecule has 0 radical (unpaired) electrons. The smallest absolute Gasteiger partial charge is 0.251 e. The van der Waals surface area contributed by atoms with Crippen molar-refractivity contribution < 1.29 is 18.7 Å². The topological polar surface area (TPSA) is 122 Å². The van der Waals surface area contributed by atoms with Crippen molar-refractivity contribution in [1.29, 1.82) is 0 Å². The van der Waals surface area contributed by atoms with Crippen LogP contribution in [0.15, 0.2) is 54.6 Å². The molecule has 0 unspecified atom stereocenters. The zero-order chi connectivity index (χ0) is 26.3. The maximum absolute atomic E-state index is 13.4. The number of hydrogen-bond donors (Lipinski definition) is 4. The second-order valence-corrected chi connectivity index (χ2v) is 8.36. The Kier molecular flexibility index (Phi) is 11.5. The number of nitrogens with one attached hydrogen (secondary N) is 4. The van der Waals surface area contributed by atoms with E-state index in [2.05, 4.69) is 36.2 Å². The van der Waals surface area contributed by atoms with Crippen LogP contribution in [0.2, 0.25) is 0 Å². The number of amides is 1. The zero-order valence-electron chi connectivity index (χ0n) is 21.2. The largest absolute Gasteiger partial charge is 0.377 e. The minimum Gasteiger partial charge on any atom is -0.377 e. The fourth-order valence-corrected chi connectivity index (χ4v) is 3.17. The van der Waals surface area contributed by atoms with Crippen molar-refractivity contribution in [2.75, 3.05) is 55.5 Å². The van der Waals surface area contributed by atoms with Crippen LogP contribution in [0, 0.1) is 5.82 Å². The molecule has 11 heteroatoms. The number of halogens is 1. The van der Waals surface area contributed by atoms with Crippen molar-refractivity contribution in [1.82, 2.24) is 20.3 Å². The van der Waals surface area contributed by atoms with Gasteiger partial charge in [0.25, 0.3) is 5.91 Å². The van der Waals surface area contributed by atoms with E-state index >= 15 is 0 Å². The highest BCUT2D eigenvalue weighted by Crippen LogP contribution is 2.12. The molecule has 0 aliphatic heterocycles. The average Bonchev–Trinajstić information content (AvgIpc) is 2.88. The molecule has 3 aromatic rings. The Morgan fingerprint density at radius 1 is 0.838 bits per heavy atom. The summed E-state index contributed by atoms with van der Waals surface area (Å²) >= 11 is 0. The van der Waals surface area contributed by atoms with Crippen molar-refractivity contribution in [3.8, 4) is 0 Å². The Labute approximate surface area is 216 Å². The molecule has 0 fully saturated rings. The number of hydrogen-bond acceptors (Lipinski definition) is 9. The predicted octanol–water partition coefficient (Wildman–Crippen LogP) is 3.32. The van der Waals surface area contributed by atoms with E-state index in [-0.39, 0.29) is 17.8 Å². The van der Waals surface area contributed by atoms with Crippen molar-refractivity contribution in [3.05, 3.63) is 71.5 Å². The summed E-state index contributed by atoms with van der Waals surface area (Å²) in [4.78, 5) is 25.1. The molecular formula is C26H34FN7O3. The number of nitrogens with zero attached hydrogens (tertiary/aromatic N) is 3. The summed E-state index contributed by atoms with van der Waals surface area (Å²) in [6.07, 6.45) is 0. The number of carbonyl (C=O) groups is 1. The molecule has 1 amide bonds. The van der Waals surface area contributed by atoms with E-state index in [0.29, 0.717) is 69.5 Å². The van der Waals surface area contributed by atoms with E-state index in [1.165, 1.54) is 12.1 Å². The molecule has 10 nitrogen and oxygen atoms in total. The molecule has 0 saturated carbocycles. The highest BCUT2D eigenvalue weighted by molar-refractivity contribution is 5.94. The molecule has 0 aliphatic carbocycles. The normalized spacial score (nSPS) is 10.8. The van der Waals surface area contributed by atoms with E-state index < -0.39 is 0 Å². The Morgan fingerprint density at radius 2 is 1.51 bits per heavy atom. The third kappa shape index (κ3) is 10.8. The number of aromatic nitrogens is 3. The molecule has 0 aliphatic rings. The molecule has 0 atom stereocenters. The van der Waals surface area contributed by atoms with Gasteiger partial charge in [-0.1, -0.05) is 30.3 Å². The lowest BCUT2D eigenvalue weighted by Crippen LogP contribution is -2.27. The van der Waals surface area contributed by atoms with E-state index in [0.717, 1.165) is 5.56 Å². The van der Waals surface area contributed by atoms with Gasteiger partial charge in [-0.3, -0.25) is 4.79 Å². The number of ether oxygens (including phenoxy) is 2. The number of rotatable bonds is 16. The second kappa shape index (κ2) is 15.3. The van der Waals surface area contributed by atoms with Crippen LogP contribution in [0.25, 0.3) is 0 Å². The monoisotopic (exact) mass is 511 g/mol. The Morgan fingerprint density at radius 3 is 2.22 bits per heavy atom. The van der Waals surface area contributed by atoms with Gasteiger partial charge in [-0.15, -0.1) is 0 Å². The fraction of sp³-hybridized carbons (Fsp3) is 0.385. The minimum atomic E-state index is -0.292. The molecule has 1 aromatic heterocycles. The van der Waals surface area contributed by atoms with E-state index in [4.69, 9.17) is 9.47 Å². The summed E-state index contributed by atoms with van der Waals surface area (Å²) < 4.78 is 24.5. The first-order valence-corrected chi connectivity index (χ1v) is 12.2. The zero-order valence-corrected chi connectivity index (χ0v) is 21.2. The van der Waals surface area contributed by atoms with Gasteiger partial charge in [-0.25, -0.2) is 4.39 Å². The first-order valence-electron chi connectivity index (χ1n) is 12.2. The van der Waals surface area contributed by atoms with Crippen molar-refractivity contribution in [2.45, 2.75) is 26.4 Å². The molecule has 4 N–H and O–H groups in total. The van der Waals surface area contributed by atoms with Crippen LogP contribution in [-0.2, 0) is 16.0 Å². The Bertz CT molecular complexity index is 1100. The highest BCUT2D eigenvalue weighted by Gasteiger charge is 2.08. The summed E-state index contributed by atoms with van der Waals surface area (Å²) in [5, 5.41) is 12.2. The van der Waals surface area contributed by atoms with Gasteiger partial charge >= 0.3 is 0 Å². The van der Waals surface area contributed by atoms with E-state index in [1.807, 2.05) is 38.1 Å². The Balaban J connectivity index is 1.33. The van der Waals surface area contributed by atoms with Gasteiger partial charge in [0.15, 0.2) is 0 Å². The molecule has 1 heterocycles. The van der Waals surface area contributed by atoms with Crippen LogP contribution >= 0.6 is 0 Å². The fourth-order valence-electron chi connectivity index (χ4n) is 3.17. The van der Waals surface area contributed by atoms with Gasteiger partial charge in [-0.2, -0.15) is 15.0 Å². The summed E-state index contributed by atoms with van der Waals surface area (Å²) in [6.45, 7) is 6.95. The predicted molar refractivity (Wildman–Crippen MR) is 141 cm³/mol. The maximum Gasteiger partial charge on any atom is 0.251 e. The molecule has 198 valence electrons. The van der Waals surface area contributed by atoms with Crippen LogP contribution in [-0.4, -0.2) is 66.4 Å². The lowest BCUT2D eigenvalue weighted by Gasteiger charge is -2.13. The summed E-state index contributed by atoms with van der Waals surface area (Å²) in [5.41, 5.74) is 1.40. The van der Waals surface area contributed by atoms with Crippen LogP contribution < -0.4 is 21.3 Å². The van der Waals surface area contributed by atoms with E-state index in [9.17, 15) is 9.18 Å². The van der Waals surface area contributed by atoms with Crippen molar-refractivity contribution >= 4 is 23.8 Å². The summed E-state index contributed by atoms with van der Waals surface area (Å²) in [5.74, 6) is 0.791. The molecule has 0 bridgehead atoms. The number of anilines is 3. The lowest BCUT2D eigenvalue weighted by molar-refractivity contribution is 0.0519. The average molecular weight is 512 g/mol. The van der Waals surface area contributed by atoms with Crippen LogP contribution in [0.5, 0.6) is 0 Å². The first-order chi connectivity index (χ1) is 18.0. The molecule has 0 spiro atoms. The summed E-state index contributed by atoms with van der Waals surface area (Å²) in [7, 11) is 0.